The molecule has 1 amide bonds. The lowest BCUT2D eigenvalue weighted by Crippen LogP contribution is -2.23. The maximum absolute atomic E-state index is 13.0. The van der Waals surface area contributed by atoms with E-state index >= 15 is 0 Å². The molecule has 0 saturated carbocycles. The molecule has 1 aliphatic heterocycles. The normalized spacial score (nSPS) is 16.5. The van der Waals surface area contributed by atoms with Crippen LogP contribution in [0.5, 0.6) is 5.75 Å². The van der Waals surface area contributed by atoms with E-state index in [1.165, 1.54) is 29.0 Å². The molecule has 6 nitrogen and oxygen atoms in total. The molecule has 0 bridgehead atoms. The van der Waals surface area contributed by atoms with Crippen molar-refractivity contribution < 1.29 is 13.9 Å². The lowest BCUT2D eigenvalue weighted by atomic mass is 10.0. The number of methoxy groups -OCH3 is 1. The number of aromatic nitrogens is 2. The van der Waals surface area contributed by atoms with E-state index in [-0.39, 0.29) is 11.7 Å². The van der Waals surface area contributed by atoms with Gasteiger partial charge in [-0.05, 0) is 54.8 Å². The number of likely N-dealkylation sites (tertiary alicyclic amines) is 1. The summed E-state index contributed by atoms with van der Waals surface area (Å²) in [6, 6.07) is 14.6. The number of hydrogen-bond acceptors (Lipinski definition) is 6. The van der Waals surface area contributed by atoms with Crippen LogP contribution in [0.25, 0.3) is 0 Å². The number of nitrogens with zero attached hydrogens (tertiary/aromatic N) is 3. The Bertz CT molecular complexity index is 991. The Morgan fingerprint density at radius 1 is 1.20 bits per heavy atom. The average molecular weight is 427 g/mol. The summed E-state index contributed by atoms with van der Waals surface area (Å²) < 4.78 is 18.2. The van der Waals surface area contributed by atoms with Crippen LogP contribution in [0.15, 0.2) is 48.5 Å². The fourth-order valence-corrected chi connectivity index (χ4v) is 4.44. The summed E-state index contributed by atoms with van der Waals surface area (Å²) in [6.45, 7) is 1.97. The van der Waals surface area contributed by atoms with E-state index in [2.05, 4.69) is 32.5 Å². The second-order valence-corrected chi connectivity index (χ2v) is 8.27. The van der Waals surface area contributed by atoms with Crippen molar-refractivity contribution in [3.63, 3.8) is 0 Å². The Kier molecular flexibility index (Phi) is 6.35. The number of ether oxygens (including phenoxy) is 1. The topological polar surface area (TPSA) is 67.3 Å². The van der Waals surface area contributed by atoms with Gasteiger partial charge in [0.1, 0.15) is 16.6 Å². The number of carbonyl (C=O) groups excluding carboxylic acids is 1. The van der Waals surface area contributed by atoms with E-state index in [4.69, 9.17) is 4.74 Å². The second-order valence-electron chi connectivity index (χ2n) is 7.21. The molecule has 1 aliphatic rings. The Labute approximate surface area is 178 Å². The minimum absolute atomic E-state index is 0.267. The van der Waals surface area contributed by atoms with Crippen LogP contribution in [0.1, 0.15) is 44.8 Å². The van der Waals surface area contributed by atoms with Crippen molar-refractivity contribution in [2.75, 3.05) is 13.7 Å². The van der Waals surface area contributed by atoms with Gasteiger partial charge in [-0.3, -0.25) is 9.69 Å². The molecular formula is C22H23FN4O2S. The van der Waals surface area contributed by atoms with Gasteiger partial charge in [0.25, 0.3) is 5.91 Å². The van der Waals surface area contributed by atoms with E-state index in [1.54, 1.807) is 19.2 Å². The number of benzene rings is 2. The minimum atomic E-state index is -0.298. The van der Waals surface area contributed by atoms with E-state index in [1.807, 2.05) is 12.1 Å². The van der Waals surface area contributed by atoms with E-state index in [0.29, 0.717) is 24.1 Å². The number of halogens is 1. The first-order valence-corrected chi connectivity index (χ1v) is 10.7. The van der Waals surface area contributed by atoms with E-state index < -0.39 is 0 Å². The fraction of sp³-hybridized carbons (Fsp3) is 0.318. The SMILES string of the molecule is COc1ccc([C@@H]2CCCN2Cc2nnc(C(=O)NCc3ccc(F)cc3)s2)cc1. The number of carbonyl (C=O) groups is 1. The van der Waals surface area contributed by atoms with Gasteiger partial charge in [0.2, 0.25) is 5.01 Å². The molecule has 2 heterocycles. The molecule has 0 radical (unpaired) electrons. The molecular weight excluding hydrogens is 403 g/mol. The highest BCUT2D eigenvalue weighted by Gasteiger charge is 2.27. The molecule has 1 saturated heterocycles. The first kappa shape index (κ1) is 20.4. The predicted octanol–water partition coefficient (Wildman–Crippen LogP) is 3.95. The van der Waals surface area contributed by atoms with Crippen molar-refractivity contribution in [2.24, 2.45) is 0 Å². The van der Waals surface area contributed by atoms with Crippen LogP contribution >= 0.6 is 11.3 Å². The van der Waals surface area contributed by atoms with Crippen LogP contribution in [-0.2, 0) is 13.1 Å². The van der Waals surface area contributed by atoms with Crippen LogP contribution in [0.3, 0.4) is 0 Å². The summed E-state index contributed by atoms with van der Waals surface area (Å²) in [4.78, 5) is 14.8. The molecule has 156 valence electrons. The summed E-state index contributed by atoms with van der Waals surface area (Å²) in [5.74, 6) is 0.286. The molecule has 8 heteroatoms. The number of nitrogens with one attached hydrogen (secondary N) is 1. The van der Waals surface area contributed by atoms with Gasteiger partial charge in [0.05, 0.1) is 13.7 Å². The molecule has 1 aromatic heterocycles. The van der Waals surface area contributed by atoms with Crippen molar-refractivity contribution in [2.45, 2.75) is 32.0 Å². The van der Waals surface area contributed by atoms with Crippen LogP contribution in [0.4, 0.5) is 4.39 Å². The molecule has 1 atom stereocenters. The minimum Gasteiger partial charge on any atom is -0.497 e. The Balaban J connectivity index is 1.36. The van der Waals surface area contributed by atoms with Gasteiger partial charge in [-0.15, -0.1) is 10.2 Å². The Morgan fingerprint density at radius 2 is 1.97 bits per heavy atom. The molecule has 0 aliphatic carbocycles. The largest absolute Gasteiger partial charge is 0.497 e. The van der Waals surface area contributed by atoms with Gasteiger partial charge in [0.15, 0.2) is 0 Å². The first-order valence-electron chi connectivity index (χ1n) is 9.85. The van der Waals surface area contributed by atoms with Crippen molar-refractivity contribution in [3.8, 4) is 5.75 Å². The van der Waals surface area contributed by atoms with Crippen molar-refractivity contribution in [3.05, 3.63) is 75.5 Å². The van der Waals surface area contributed by atoms with Crippen LogP contribution < -0.4 is 10.1 Å². The summed E-state index contributed by atoms with van der Waals surface area (Å²) in [5.41, 5.74) is 2.09. The summed E-state index contributed by atoms with van der Waals surface area (Å²) in [5, 5.41) is 12.2. The zero-order chi connectivity index (χ0) is 20.9. The molecule has 3 aromatic rings. The van der Waals surface area contributed by atoms with Gasteiger partial charge in [-0.25, -0.2) is 4.39 Å². The third kappa shape index (κ3) is 4.83. The highest BCUT2D eigenvalue weighted by molar-refractivity contribution is 7.13. The summed E-state index contributed by atoms with van der Waals surface area (Å²) >= 11 is 1.31. The number of rotatable bonds is 7. The lowest BCUT2D eigenvalue weighted by Gasteiger charge is -2.23. The third-order valence-electron chi connectivity index (χ3n) is 5.23. The quantitative estimate of drug-likeness (QED) is 0.620. The number of amides is 1. The smallest absolute Gasteiger partial charge is 0.282 e. The maximum Gasteiger partial charge on any atom is 0.282 e. The van der Waals surface area contributed by atoms with Gasteiger partial charge in [-0.2, -0.15) is 0 Å². The number of hydrogen-bond donors (Lipinski definition) is 1. The zero-order valence-corrected chi connectivity index (χ0v) is 17.5. The third-order valence-corrected chi connectivity index (χ3v) is 6.14. The van der Waals surface area contributed by atoms with Gasteiger partial charge >= 0.3 is 0 Å². The van der Waals surface area contributed by atoms with Crippen molar-refractivity contribution in [1.82, 2.24) is 20.4 Å². The molecule has 1 N–H and O–H groups in total. The first-order chi connectivity index (χ1) is 14.6. The van der Waals surface area contributed by atoms with Gasteiger partial charge in [-0.1, -0.05) is 35.6 Å². The van der Waals surface area contributed by atoms with Gasteiger partial charge < -0.3 is 10.1 Å². The maximum atomic E-state index is 13.0. The van der Waals surface area contributed by atoms with Crippen LogP contribution in [-0.4, -0.2) is 34.7 Å². The van der Waals surface area contributed by atoms with Crippen molar-refractivity contribution in [1.29, 1.82) is 0 Å². The molecule has 30 heavy (non-hydrogen) atoms. The predicted molar refractivity (Wildman–Crippen MR) is 113 cm³/mol. The second kappa shape index (κ2) is 9.32. The van der Waals surface area contributed by atoms with Gasteiger partial charge in [0, 0.05) is 12.6 Å². The Morgan fingerprint density at radius 3 is 2.70 bits per heavy atom. The Hall–Kier alpha value is -2.84. The molecule has 0 spiro atoms. The zero-order valence-electron chi connectivity index (χ0n) is 16.7. The standard InChI is InChI=1S/C22H23FN4O2S/c1-29-18-10-6-16(7-11-18)19-3-2-12-27(19)14-20-25-26-22(30-20)21(28)24-13-15-4-8-17(23)9-5-15/h4-11,19H,2-3,12-14H2,1H3,(H,24,28)/t19-/m0/s1. The highest BCUT2D eigenvalue weighted by Crippen LogP contribution is 2.34. The van der Waals surface area contributed by atoms with Crippen LogP contribution in [0.2, 0.25) is 0 Å². The van der Waals surface area contributed by atoms with Crippen LogP contribution in [0, 0.1) is 5.82 Å². The molecule has 4 rings (SSSR count). The average Bonchev–Trinajstić information content (AvgIpc) is 3.43. The highest BCUT2D eigenvalue weighted by atomic mass is 32.1. The molecule has 0 unspecified atom stereocenters. The summed E-state index contributed by atoms with van der Waals surface area (Å²) in [6.07, 6.45) is 2.22. The monoisotopic (exact) mass is 426 g/mol. The fourth-order valence-electron chi connectivity index (χ4n) is 3.66. The van der Waals surface area contributed by atoms with E-state index in [0.717, 1.165) is 35.7 Å². The summed E-state index contributed by atoms with van der Waals surface area (Å²) in [7, 11) is 1.67. The lowest BCUT2D eigenvalue weighted by molar-refractivity contribution is 0.0950. The molecule has 1 fully saturated rings. The van der Waals surface area contributed by atoms with E-state index in [9.17, 15) is 9.18 Å². The van der Waals surface area contributed by atoms with Crippen molar-refractivity contribution >= 4 is 17.2 Å². The molecule has 2 aromatic carbocycles.